The van der Waals surface area contributed by atoms with Gasteiger partial charge in [-0.1, -0.05) is 55.4 Å². The second-order valence-electron chi connectivity index (χ2n) is 11.2. The quantitative estimate of drug-likeness (QED) is 0.116. The summed E-state index contributed by atoms with van der Waals surface area (Å²) in [7, 11) is -1.67. The third kappa shape index (κ3) is 14.0. The molecule has 0 amide bonds. The molecule has 0 unspecified atom stereocenters. The number of rotatable bonds is 25. The molecule has 35 heavy (non-hydrogen) atoms. The Morgan fingerprint density at radius 1 is 0.514 bits per heavy atom. The lowest BCUT2D eigenvalue weighted by Gasteiger charge is -2.46. The monoisotopic (exact) mass is 514 g/mol. The lowest BCUT2D eigenvalue weighted by Crippen LogP contribution is -2.53. The van der Waals surface area contributed by atoms with Crippen LogP contribution in [0.5, 0.6) is 0 Å². The first-order chi connectivity index (χ1) is 16.9. The highest BCUT2D eigenvalue weighted by Gasteiger charge is 2.40. The van der Waals surface area contributed by atoms with Gasteiger partial charge in [0.25, 0.3) is 0 Å². The number of hydrogen-bond acceptors (Lipinski definition) is 4. The third-order valence-electron chi connectivity index (χ3n) is 7.77. The molecule has 212 valence electrons. The summed E-state index contributed by atoms with van der Waals surface area (Å²) in [5, 5.41) is 0. The zero-order valence-electron chi connectivity index (χ0n) is 25.9. The van der Waals surface area contributed by atoms with Crippen molar-refractivity contribution >= 4 is 8.32 Å². The average Bonchev–Trinajstić information content (AvgIpc) is 2.83. The van der Waals surface area contributed by atoms with E-state index in [9.17, 15) is 0 Å². The molecule has 0 aromatic heterocycles. The highest BCUT2D eigenvalue weighted by atomic mass is 28.4. The summed E-state index contributed by atoms with van der Waals surface area (Å²) in [5.41, 5.74) is 0.304. The average molecular weight is 514 g/mol. The van der Waals surface area contributed by atoms with E-state index in [2.05, 4.69) is 77.0 Å². The summed E-state index contributed by atoms with van der Waals surface area (Å²) < 4.78 is 6.62. The van der Waals surface area contributed by atoms with Crippen LogP contribution in [0.3, 0.4) is 0 Å². The molecular weight excluding hydrogens is 446 g/mol. The minimum absolute atomic E-state index is 0.304. The van der Waals surface area contributed by atoms with Crippen LogP contribution in [0.25, 0.3) is 0 Å². The Morgan fingerprint density at radius 2 is 0.829 bits per heavy atom. The van der Waals surface area contributed by atoms with Crippen LogP contribution in [-0.2, 0) is 4.43 Å². The molecule has 0 radical (unpaired) electrons. The van der Waals surface area contributed by atoms with E-state index in [4.69, 9.17) is 4.43 Å². The molecule has 0 aliphatic rings. The lowest BCUT2D eigenvalue weighted by molar-refractivity contribution is 0.0478. The van der Waals surface area contributed by atoms with Gasteiger partial charge in [-0.25, -0.2) is 0 Å². The molecule has 4 nitrogen and oxygen atoms in total. The van der Waals surface area contributed by atoms with Crippen molar-refractivity contribution in [3.8, 4) is 0 Å². The van der Waals surface area contributed by atoms with Crippen molar-refractivity contribution in [2.24, 2.45) is 5.41 Å². The van der Waals surface area contributed by atoms with E-state index in [1.165, 1.54) is 122 Å². The van der Waals surface area contributed by atoms with Gasteiger partial charge in [0.1, 0.15) is 0 Å². The van der Waals surface area contributed by atoms with Gasteiger partial charge in [-0.3, -0.25) is 0 Å². The fraction of sp³-hybridized carbons (Fsp3) is 1.00. The van der Waals surface area contributed by atoms with Crippen LogP contribution in [0, 0.1) is 5.41 Å². The molecular formula is C30H67N3OSi. The Balaban J connectivity index is 6.39. The minimum atomic E-state index is -1.67. The second-order valence-corrected chi connectivity index (χ2v) is 15.7. The molecule has 0 rings (SSSR count). The molecule has 0 aromatic carbocycles. The molecule has 0 spiro atoms. The largest absolute Gasteiger partial charge is 0.417 e. The van der Waals surface area contributed by atoms with Crippen LogP contribution in [0.15, 0.2) is 0 Å². The van der Waals surface area contributed by atoms with Crippen molar-refractivity contribution in [3.05, 3.63) is 0 Å². The fourth-order valence-corrected chi connectivity index (χ4v) is 9.55. The Morgan fingerprint density at radius 3 is 1.06 bits per heavy atom. The highest BCUT2D eigenvalue weighted by molar-refractivity contribution is 6.73. The van der Waals surface area contributed by atoms with E-state index in [0.717, 1.165) is 6.61 Å². The van der Waals surface area contributed by atoms with Crippen LogP contribution < -0.4 is 0 Å². The topological polar surface area (TPSA) is 19.0 Å². The van der Waals surface area contributed by atoms with Crippen LogP contribution in [-0.4, -0.2) is 88.5 Å². The normalized spacial score (nSPS) is 13.0. The maximum absolute atomic E-state index is 6.62. The summed E-state index contributed by atoms with van der Waals surface area (Å²) in [5.74, 6) is 0. The first-order valence-electron chi connectivity index (χ1n) is 15.7. The Labute approximate surface area is 223 Å². The van der Waals surface area contributed by atoms with Gasteiger partial charge in [0.2, 0.25) is 0 Å². The first kappa shape index (κ1) is 35.1. The maximum Gasteiger partial charge on any atom is 0.192 e. The number of hydrogen-bond donors (Lipinski definition) is 0. The van der Waals surface area contributed by atoms with E-state index in [-0.39, 0.29) is 0 Å². The lowest BCUT2D eigenvalue weighted by atomic mass is 9.82. The van der Waals surface area contributed by atoms with Crippen molar-refractivity contribution in [2.45, 2.75) is 125 Å². The number of nitrogens with zero attached hydrogens (tertiary/aromatic N) is 3. The Bertz CT molecular complexity index is 409. The minimum Gasteiger partial charge on any atom is -0.417 e. The van der Waals surface area contributed by atoms with Crippen molar-refractivity contribution in [3.63, 3.8) is 0 Å². The van der Waals surface area contributed by atoms with E-state index >= 15 is 0 Å². The second kappa shape index (κ2) is 21.0. The van der Waals surface area contributed by atoms with Gasteiger partial charge in [0.05, 0.1) is 0 Å². The van der Waals surface area contributed by atoms with Gasteiger partial charge >= 0.3 is 0 Å². The van der Waals surface area contributed by atoms with Crippen LogP contribution in [0.2, 0.25) is 18.1 Å². The summed E-state index contributed by atoms with van der Waals surface area (Å²) in [6, 6.07) is 3.82. The van der Waals surface area contributed by atoms with Crippen molar-refractivity contribution in [2.75, 3.05) is 65.5 Å². The van der Waals surface area contributed by atoms with E-state index < -0.39 is 8.32 Å². The van der Waals surface area contributed by atoms with E-state index in [1.54, 1.807) is 0 Å². The predicted octanol–water partition coefficient (Wildman–Crippen LogP) is 7.75. The van der Waals surface area contributed by atoms with Crippen LogP contribution >= 0.6 is 0 Å². The Hall–Kier alpha value is 0.0569. The third-order valence-corrected chi connectivity index (χ3v) is 12.4. The van der Waals surface area contributed by atoms with E-state index in [0.29, 0.717) is 5.41 Å². The summed E-state index contributed by atoms with van der Waals surface area (Å²) in [6.45, 7) is 33.1. The highest BCUT2D eigenvalue weighted by Crippen LogP contribution is 2.35. The maximum atomic E-state index is 6.62. The van der Waals surface area contributed by atoms with Gasteiger partial charge in [-0.05, 0) is 109 Å². The zero-order valence-corrected chi connectivity index (χ0v) is 26.9. The Kier molecular flexibility index (Phi) is 21.1. The molecule has 5 heteroatoms. The van der Waals surface area contributed by atoms with Gasteiger partial charge in [-0.15, -0.1) is 0 Å². The van der Waals surface area contributed by atoms with Crippen molar-refractivity contribution < 1.29 is 4.43 Å². The molecule has 0 saturated heterocycles. The molecule has 0 aliphatic carbocycles. The smallest absolute Gasteiger partial charge is 0.192 e. The molecule has 0 aliphatic heterocycles. The predicted molar refractivity (Wildman–Crippen MR) is 161 cm³/mol. The van der Waals surface area contributed by atoms with Crippen LogP contribution in [0.4, 0.5) is 0 Å². The SMILES string of the molecule is CCCN(CCC)CC(CC[Si](CC)(CC)OCC)(CN(CCC)CCC)CN(CCC)CCC. The summed E-state index contributed by atoms with van der Waals surface area (Å²) >= 11 is 0. The van der Waals surface area contributed by atoms with Gasteiger partial charge in [0, 0.05) is 31.7 Å². The first-order valence-corrected chi connectivity index (χ1v) is 18.2. The molecule has 0 fully saturated rings. The molecule has 0 atom stereocenters. The van der Waals surface area contributed by atoms with Gasteiger partial charge in [0.15, 0.2) is 8.32 Å². The molecule has 0 saturated carbocycles. The standard InChI is InChI=1S/C30H67N3OSi/c1-10-20-31(21-11-2)27-30(28-32(22-12-3)23-13-4,29-33(24-14-5)25-15-6)19-26-35(17-8,18-9)34-16-7/h10-29H2,1-9H3. The molecule has 0 heterocycles. The fourth-order valence-electron chi connectivity index (χ4n) is 6.20. The zero-order chi connectivity index (χ0) is 26.6. The molecule has 0 aromatic rings. The summed E-state index contributed by atoms with van der Waals surface area (Å²) in [4.78, 5) is 8.44. The van der Waals surface area contributed by atoms with Crippen molar-refractivity contribution in [1.29, 1.82) is 0 Å². The molecule has 0 bridgehead atoms. The van der Waals surface area contributed by atoms with Gasteiger partial charge < -0.3 is 19.1 Å². The van der Waals surface area contributed by atoms with Gasteiger partial charge in [-0.2, -0.15) is 0 Å². The summed E-state index contributed by atoms with van der Waals surface area (Å²) in [6.07, 6.45) is 8.81. The van der Waals surface area contributed by atoms with E-state index in [1.807, 2.05) is 0 Å². The van der Waals surface area contributed by atoms with Crippen molar-refractivity contribution in [1.82, 2.24) is 14.7 Å². The molecule has 0 N–H and O–H groups in total. The van der Waals surface area contributed by atoms with Crippen LogP contribution in [0.1, 0.15) is 107 Å².